The molecule has 0 amide bonds. The highest BCUT2D eigenvalue weighted by Gasteiger charge is 2.37. The first-order valence-electron chi connectivity index (χ1n) is 3.14. The molecule has 0 radical (unpaired) electrons. The summed E-state index contributed by atoms with van der Waals surface area (Å²) in [4.78, 5) is 3.45. The van der Waals surface area contributed by atoms with Gasteiger partial charge < -0.3 is 0 Å². The third-order valence-electron chi connectivity index (χ3n) is 1.50. The van der Waals surface area contributed by atoms with E-state index in [2.05, 4.69) is 4.99 Å². The van der Waals surface area contributed by atoms with Crippen LogP contribution in [0.5, 0.6) is 0 Å². The van der Waals surface area contributed by atoms with Crippen LogP contribution in [0.2, 0.25) is 0 Å². The van der Waals surface area contributed by atoms with Crippen molar-refractivity contribution in [3.8, 4) is 0 Å². The zero-order chi connectivity index (χ0) is 7.78. The second-order valence-electron chi connectivity index (χ2n) is 2.46. The van der Waals surface area contributed by atoms with Crippen molar-refractivity contribution in [2.45, 2.75) is 32.0 Å². The second-order valence-corrected chi connectivity index (χ2v) is 2.46. The Morgan fingerprint density at radius 3 is 2.30 bits per heavy atom. The molecule has 1 atom stereocenters. The van der Waals surface area contributed by atoms with E-state index in [0.717, 1.165) is 0 Å². The Labute approximate surface area is 57.0 Å². The molecule has 0 N–H and O–H groups in total. The van der Waals surface area contributed by atoms with Crippen LogP contribution in [0.4, 0.5) is 13.2 Å². The summed E-state index contributed by atoms with van der Waals surface area (Å²) >= 11 is 0. The summed E-state index contributed by atoms with van der Waals surface area (Å²) in [6.07, 6.45) is -3.57. The number of halogens is 3. The van der Waals surface area contributed by atoms with Crippen molar-refractivity contribution in [3.05, 3.63) is 0 Å². The van der Waals surface area contributed by atoms with Crippen LogP contribution in [0.3, 0.4) is 0 Å². The average Bonchev–Trinajstić information content (AvgIpc) is 2.11. The topological polar surface area (TPSA) is 12.4 Å². The van der Waals surface area contributed by atoms with E-state index >= 15 is 0 Å². The van der Waals surface area contributed by atoms with Gasteiger partial charge in [-0.05, 0) is 19.8 Å². The highest BCUT2D eigenvalue weighted by atomic mass is 19.4. The van der Waals surface area contributed by atoms with Gasteiger partial charge in [0.05, 0.1) is 0 Å². The molecule has 10 heavy (non-hydrogen) atoms. The van der Waals surface area contributed by atoms with Crippen LogP contribution in [-0.2, 0) is 0 Å². The standard InChI is InChI=1S/C6H8F3N/c1-4-2-3-5(10-4)6(7,8)9/h4H,2-3H2,1H3/t4-/m0/s1. The van der Waals surface area contributed by atoms with E-state index in [-0.39, 0.29) is 12.5 Å². The van der Waals surface area contributed by atoms with Crippen molar-refractivity contribution in [2.24, 2.45) is 4.99 Å². The van der Waals surface area contributed by atoms with Crippen LogP contribution < -0.4 is 0 Å². The van der Waals surface area contributed by atoms with E-state index < -0.39 is 11.9 Å². The van der Waals surface area contributed by atoms with Crippen molar-refractivity contribution >= 4 is 5.71 Å². The Morgan fingerprint density at radius 1 is 1.50 bits per heavy atom. The minimum atomic E-state index is -4.19. The highest BCUT2D eigenvalue weighted by molar-refractivity contribution is 5.91. The molecule has 0 aromatic rings. The second kappa shape index (κ2) is 2.25. The Morgan fingerprint density at radius 2 is 2.10 bits per heavy atom. The van der Waals surface area contributed by atoms with Crippen LogP contribution in [0, 0.1) is 0 Å². The fourth-order valence-corrected chi connectivity index (χ4v) is 0.956. The lowest BCUT2D eigenvalue weighted by Gasteiger charge is -2.03. The lowest BCUT2D eigenvalue weighted by atomic mass is 10.2. The Kier molecular flexibility index (Phi) is 1.70. The molecule has 0 saturated heterocycles. The molecule has 1 aliphatic rings. The predicted molar refractivity (Wildman–Crippen MR) is 32.2 cm³/mol. The van der Waals surface area contributed by atoms with Crippen LogP contribution in [0.25, 0.3) is 0 Å². The van der Waals surface area contributed by atoms with Crippen LogP contribution >= 0.6 is 0 Å². The molecule has 0 unspecified atom stereocenters. The van der Waals surface area contributed by atoms with E-state index in [1.807, 2.05) is 0 Å². The van der Waals surface area contributed by atoms with Gasteiger partial charge in [-0.2, -0.15) is 13.2 Å². The van der Waals surface area contributed by atoms with E-state index in [9.17, 15) is 13.2 Å². The van der Waals surface area contributed by atoms with Crippen molar-refractivity contribution in [1.82, 2.24) is 0 Å². The van der Waals surface area contributed by atoms with Gasteiger partial charge in [-0.25, -0.2) is 0 Å². The summed E-state index contributed by atoms with van der Waals surface area (Å²) in [6, 6.07) is -0.142. The molecular weight excluding hydrogens is 143 g/mol. The van der Waals surface area contributed by atoms with Crippen molar-refractivity contribution < 1.29 is 13.2 Å². The summed E-state index contributed by atoms with van der Waals surface area (Å²) in [6.45, 7) is 1.69. The third kappa shape index (κ3) is 1.49. The smallest absolute Gasteiger partial charge is 0.282 e. The molecule has 0 aliphatic carbocycles. The molecule has 1 heterocycles. The van der Waals surface area contributed by atoms with Crippen molar-refractivity contribution in [3.63, 3.8) is 0 Å². The molecule has 58 valence electrons. The molecule has 0 saturated carbocycles. The van der Waals surface area contributed by atoms with Crippen LogP contribution in [0.15, 0.2) is 4.99 Å². The maximum atomic E-state index is 11.8. The summed E-state index contributed by atoms with van der Waals surface area (Å²) in [5, 5.41) is 0. The van der Waals surface area contributed by atoms with Crippen LogP contribution in [-0.4, -0.2) is 17.9 Å². The summed E-state index contributed by atoms with van der Waals surface area (Å²) < 4.78 is 35.4. The summed E-state index contributed by atoms with van der Waals surface area (Å²) in [5.74, 6) is 0. The number of alkyl halides is 3. The first kappa shape index (κ1) is 7.57. The SMILES string of the molecule is C[C@H]1CCC(C(F)(F)F)=N1. The van der Waals surface area contributed by atoms with E-state index in [4.69, 9.17) is 0 Å². The molecule has 0 aromatic carbocycles. The molecule has 0 bridgehead atoms. The van der Waals surface area contributed by atoms with Gasteiger partial charge in [-0.15, -0.1) is 0 Å². The maximum Gasteiger partial charge on any atom is 0.429 e. The summed E-state index contributed by atoms with van der Waals surface area (Å²) in [5.41, 5.74) is -0.597. The largest absolute Gasteiger partial charge is 0.429 e. The maximum absolute atomic E-state index is 11.8. The molecule has 0 spiro atoms. The lowest BCUT2D eigenvalue weighted by molar-refractivity contribution is -0.0599. The minimum absolute atomic E-state index is 0.0880. The van der Waals surface area contributed by atoms with Crippen molar-refractivity contribution in [2.75, 3.05) is 0 Å². The first-order chi connectivity index (χ1) is 4.50. The van der Waals surface area contributed by atoms with Gasteiger partial charge >= 0.3 is 6.18 Å². The Balaban J connectivity index is 2.67. The third-order valence-corrected chi connectivity index (χ3v) is 1.50. The molecule has 0 fully saturated rings. The van der Waals surface area contributed by atoms with E-state index in [1.54, 1.807) is 6.92 Å². The van der Waals surface area contributed by atoms with E-state index in [1.165, 1.54) is 0 Å². The molecule has 4 heteroatoms. The fraction of sp³-hybridized carbons (Fsp3) is 0.833. The number of hydrogen-bond donors (Lipinski definition) is 0. The van der Waals surface area contributed by atoms with E-state index in [0.29, 0.717) is 6.42 Å². The fourth-order valence-electron chi connectivity index (χ4n) is 0.956. The monoisotopic (exact) mass is 151 g/mol. The van der Waals surface area contributed by atoms with Gasteiger partial charge in [0.25, 0.3) is 0 Å². The van der Waals surface area contributed by atoms with Crippen LogP contribution in [0.1, 0.15) is 19.8 Å². The lowest BCUT2D eigenvalue weighted by Crippen LogP contribution is -2.20. The average molecular weight is 151 g/mol. The highest BCUT2D eigenvalue weighted by Crippen LogP contribution is 2.26. The number of rotatable bonds is 0. The molecule has 1 rings (SSSR count). The number of hydrogen-bond acceptors (Lipinski definition) is 1. The first-order valence-corrected chi connectivity index (χ1v) is 3.14. The number of nitrogens with zero attached hydrogens (tertiary/aromatic N) is 1. The Hall–Kier alpha value is -0.540. The van der Waals surface area contributed by atoms with Gasteiger partial charge in [0.1, 0.15) is 5.71 Å². The zero-order valence-electron chi connectivity index (χ0n) is 5.57. The summed E-state index contributed by atoms with van der Waals surface area (Å²) in [7, 11) is 0. The molecule has 1 nitrogen and oxygen atoms in total. The predicted octanol–water partition coefficient (Wildman–Crippen LogP) is 2.17. The van der Waals surface area contributed by atoms with Crippen molar-refractivity contribution in [1.29, 1.82) is 0 Å². The normalized spacial score (nSPS) is 26.8. The Bertz CT molecular complexity index is 159. The molecule has 0 aromatic heterocycles. The zero-order valence-corrected chi connectivity index (χ0v) is 5.57. The van der Waals surface area contributed by atoms with Gasteiger partial charge in [-0.3, -0.25) is 4.99 Å². The van der Waals surface area contributed by atoms with Gasteiger partial charge in [0.15, 0.2) is 0 Å². The molecule has 1 aliphatic heterocycles. The van der Waals surface area contributed by atoms with Gasteiger partial charge in [-0.1, -0.05) is 0 Å². The van der Waals surface area contributed by atoms with Gasteiger partial charge in [0, 0.05) is 6.04 Å². The number of aliphatic imine (C=N–C) groups is 1. The minimum Gasteiger partial charge on any atom is -0.282 e. The van der Waals surface area contributed by atoms with Gasteiger partial charge in [0.2, 0.25) is 0 Å². The molecular formula is C6H8F3N. The quantitative estimate of drug-likeness (QED) is 0.503.